The molecule has 0 saturated heterocycles. The van der Waals surface area contributed by atoms with Crippen LogP contribution in [0, 0.1) is 0 Å². The Bertz CT molecular complexity index is 542. The largest absolute Gasteiger partial charge is 0.321 e. The van der Waals surface area contributed by atoms with E-state index in [1.807, 2.05) is 11.6 Å². The molecule has 0 amide bonds. The molecule has 102 valence electrons. The second kappa shape index (κ2) is 5.48. The Balaban J connectivity index is 1.50. The SMILES string of the molecule is Cn1cnnc1CCNCc1nnc2n1CCCC2. The van der Waals surface area contributed by atoms with Crippen LogP contribution in [0.5, 0.6) is 0 Å². The van der Waals surface area contributed by atoms with Gasteiger partial charge in [0, 0.05) is 33.0 Å². The zero-order chi connectivity index (χ0) is 13.1. The molecule has 2 aromatic heterocycles. The highest BCUT2D eigenvalue weighted by molar-refractivity contribution is 4.98. The van der Waals surface area contributed by atoms with Crippen LogP contribution in [-0.2, 0) is 33.0 Å². The second-order valence-electron chi connectivity index (χ2n) is 4.93. The third kappa shape index (κ3) is 2.65. The van der Waals surface area contributed by atoms with Crippen molar-refractivity contribution < 1.29 is 0 Å². The van der Waals surface area contributed by atoms with Gasteiger partial charge in [0.25, 0.3) is 0 Å². The van der Waals surface area contributed by atoms with Crippen LogP contribution in [0.4, 0.5) is 0 Å². The number of fused-ring (bicyclic) bond motifs is 1. The van der Waals surface area contributed by atoms with Gasteiger partial charge in [-0.15, -0.1) is 20.4 Å². The van der Waals surface area contributed by atoms with Gasteiger partial charge in [0.1, 0.15) is 23.8 Å². The molecule has 1 aliphatic heterocycles. The first-order valence-corrected chi connectivity index (χ1v) is 6.79. The van der Waals surface area contributed by atoms with Crippen LogP contribution in [0.3, 0.4) is 0 Å². The number of nitrogens with zero attached hydrogens (tertiary/aromatic N) is 6. The minimum absolute atomic E-state index is 0.769. The molecule has 0 atom stereocenters. The minimum Gasteiger partial charge on any atom is -0.321 e. The topological polar surface area (TPSA) is 73.5 Å². The Labute approximate surface area is 112 Å². The zero-order valence-electron chi connectivity index (χ0n) is 11.2. The maximum Gasteiger partial charge on any atom is 0.147 e. The number of hydrogen-bond acceptors (Lipinski definition) is 5. The zero-order valence-corrected chi connectivity index (χ0v) is 11.2. The van der Waals surface area contributed by atoms with E-state index in [1.54, 1.807) is 6.33 Å². The number of nitrogens with one attached hydrogen (secondary N) is 1. The third-order valence-electron chi connectivity index (χ3n) is 3.55. The van der Waals surface area contributed by atoms with Crippen molar-refractivity contribution in [3.63, 3.8) is 0 Å². The summed E-state index contributed by atoms with van der Waals surface area (Å²) in [6, 6.07) is 0. The number of hydrogen-bond donors (Lipinski definition) is 1. The molecule has 0 radical (unpaired) electrons. The predicted octanol–water partition coefficient (Wildman–Crippen LogP) is 0.0752. The van der Waals surface area contributed by atoms with Crippen molar-refractivity contribution in [1.82, 2.24) is 34.8 Å². The molecule has 0 saturated carbocycles. The summed E-state index contributed by atoms with van der Waals surface area (Å²) in [4.78, 5) is 0. The predicted molar refractivity (Wildman–Crippen MR) is 69.4 cm³/mol. The van der Waals surface area contributed by atoms with Gasteiger partial charge in [-0.1, -0.05) is 0 Å². The summed E-state index contributed by atoms with van der Waals surface area (Å²) in [7, 11) is 1.96. The van der Waals surface area contributed by atoms with Gasteiger partial charge in [-0.2, -0.15) is 0 Å². The van der Waals surface area contributed by atoms with E-state index in [0.717, 1.165) is 49.9 Å². The fourth-order valence-corrected chi connectivity index (χ4v) is 2.43. The first kappa shape index (κ1) is 12.3. The van der Waals surface area contributed by atoms with E-state index >= 15 is 0 Å². The van der Waals surface area contributed by atoms with Crippen LogP contribution in [0.25, 0.3) is 0 Å². The van der Waals surface area contributed by atoms with E-state index in [1.165, 1.54) is 12.8 Å². The van der Waals surface area contributed by atoms with Crippen LogP contribution in [0.2, 0.25) is 0 Å². The van der Waals surface area contributed by atoms with E-state index in [0.29, 0.717) is 0 Å². The first-order valence-electron chi connectivity index (χ1n) is 6.79. The van der Waals surface area contributed by atoms with Crippen LogP contribution in [0.1, 0.15) is 30.3 Å². The van der Waals surface area contributed by atoms with E-state index in [4.69, 9.17) is 0 Å². The summed E-state index contributed by atoms with van der Waals surface area (Å²) in [5, 5.41) is 19.8. The monoisotopic (exact) mass is 261 g/mol. The molecule has 7 nitrogen and oxygen atoms in total. The normalized spacial score (nSPS) is 14.6. The average molecular weight is 261 g/mol. The highest BCUT2D eigenvalue weighted by Crippen LogP contribution is 2.13. The summed E-state index contributed by atoms with van der Waals surface area (Å²) in [6.07, 6.45) is 6.13. The average Bonchev–Trinajstić information content (AvgIpc) is 3.02. The quantitative estimate of drug-likeness (QED) is 0.771. The molecule has 7 heteroatoms. The molecular weight excluding hydrogens is 242 g/mol. The maximum atomic E-state index is 4.27. The second-order valence-corrected chi connectivity index (χ2v) is 4.93. The third-order valence-corrected chi connectivity index (χ3v) is 3.55. The van der Waals surface area contributed by atoms with Crippen LogP contribution in [0.15, 0.2) is 6.33 Å². The molecule has 1 N–H and O–H groups in total. The molecule has 3 rings (SSSR count). The van der Waals surface area contributed by atoms with Gasteiger partial charge in [0.15, 0.2) is 0 Å². The highest BCUT2D eigenvalue weighted by atomic mass is 15.3. The Hall–Kier alpha value is -1.76. The standard InChI is InChI=1S/C12H19N7/c1-18-9-14-15-10(18)5-6-13-8-12-17-16-11-4-2-3-7-19(11)12/h9,13H,2-8H2,1H3. The lowest BCUT2D eigenvalue weighted by Crippen LogP contribution is -2.22. The van der Waals surface area contributed by atoms with Gasteiger partial charge >= 0.3 is 0 Å². The van der Waals surface area contributed by atoms with Crippen molar-refractivity contribution in [2.45, 2.75) is 38.8 Å². The Morgan fingerprint density at radius 3 is 3.00 bits per heavy atom. The summed E-state index contributed by atoms with van der Waals surface area (Å²) in [6.45, 7) is 2.70. The highest BCUT2D eigenvalue weighted by Gasteiger charge is 2.14. The van der Waals surface area contributed by atoms with Gasteiger partial charge < -0.3 is 14.5 Å². The van der Waals surface area contributed by atoms with Crippen molar-refractivity contribution >= 4 is 0 Å². The van der Waals surface area contributed by atoms with E-state index < -0.39 is 0 Å². The summed E-state index contributed by atoms with van der Waals surface area (Å²) < 4.78 is 4.19. The molecule has 0 unspecified atom stereocenters. The van der Waals surface area contributed by atoms with Crippen LogP contribution < -0.4 is 5.32 Å². The van der Waals surface area contributed by atoms with Crippen molar-refractivity contribution in [3.8, 4) is 0 Å². The fraction of sp³-hybridized carbons (Fsp3) is 0.667. The molecule has 1 aliphatic rings. The van der Waals surface area contributed by atoms with Crippen molar-refractivity contribution in [1.29, 1.82) is 0 Å². The number of aromatic nitrogens is 6. The number of aryl methyl sites for hydroxylation is 2. The smallest absolute Gasteiger partial charge is 0.147 e. The van der Waals surface area contributed by atoms with Gasteiger partial charge in [-0.05, 0) is 12.8 Å². The first-order chi connectivity index (χ1) is 9.34. The van der Waals surface area contributed by atoms with Crippen molar-refractivity contribution in [2.24, 2.45) is 7.05 Å². The van der Waals surface area contributed by atoms with E-state index in [2.05, 4.69) is 30.3 Å². The van der Waals surface area contributed by atoms with Crippen LogP contribution in [-0.4, -0.2) is 36.1 Å². The van der Waals surface area contributed by atoms with Crippen molar-refractivity contribution in [2.75, 3.05) is 6.54 Å². The van der Waals surface area contributed by atoms with Gasteiger partial charge in [-0.25, -0.2) is 0 Å². The summed E-state index contributed by atoms with van der Waals surface area (Å²) >= 11 is 0. The fourth-order valence-electron chi connectivity index (χ4n) is 2.43. The lowest BCUT2D eigenvalue weighted by Gasteiger charge is -2.14. The molecule has 0 aromatic carbocycles. The summed E-state index contributed by atoms with van der Waals surface area (Å²) in [5.74, 6) is 3.18. The van der Waals surface area contributed by atoms with Gasteiger partial charge in [0.05, 0.1) is 6.54 Å². The molecule has 0 spiro atoms. The molecule has 2 aromatic rings. The lowest BCUT2D eigenvalue weighted by molar-refractivity contribution is 0.497. The van der Waals surface area contributed by atoms with E-state index in [9.17, 15) is 0 Å². The Morgan fingerprint density at radius 2 is 2.16 bits per heavy atom. The van der Waals surface area contributed by atoms with E-state index in [-0.39, 0.29) is 0 Å². The molecule has 0 fully saturated rings. The van der Waals surface area contributed by atoms with Gasteiger partial charge in [-0.3, -0.25) is 0 Å². The summed E-state index contributed by atoms with van der Waals surface area (Å²) in [5.41, 5.74) is 0. The van der Waals surface area contributed by atoms with Crippen LogP contribution >= 0.6 is 0 Å². The molecule has 19 heavy (non-hydrogen) atoms. The maximum absolute atomic E-state index is 4.27. The molecule has 0 aliphatic carbocycles. The Morgan fingerprint density at radius 1 is 1.21 bits per heavy atom. The van der Waals surface area contributed by atoms with Crippen molar-refractivity contribution in [3.05, 3.63) is 23.8 Å². The van der Waals surface area contributed by atoms with Gasteiger partial charge in [0.2, 0.25) is 0 Å². The Kier molecular flexibility index (Phi) is 3.54. The lowest BCUT2D eigenvalue weighted by atomic mass is 10.2. The minimum atomic E-state index is 0.769. The number of rotatable bonds is 5. The molecular formula is C12H19N7. The molecule has 0 bridgehead atoms. The molecule has 3 heterocycles.